The number of hydrogen-bond acceptors (Lipinski definition) is 2. The number of guanidine groups is 1. The lowest BCUT2D eigenvalue weighted by Crippen LogP contribution is -2.40. The number of nitrogens with one attached hydrogen (secondary N) is 1. The highest BCUT2D eigenvalue weighted by Gasteiger charge is 2.06. The summed E-state index contributed by atoms with van der Waals surface area (Å²) in [5, 5.41) is 5.45. The SMILES string of the molecule is CN=C(NCCc1ccc(F)cc1)N(C)CCc1cccs1. The summed E-state index contributed by atoms with van der Waals surface area (Å²) in [5.74, 6) is 0.694. The highest BCUT2D eigenvalue weighted by atomic mass is 32.1. The molecule has 0 saturated heterocycles. The van der Waals surface area contributed by atoms with Crippen molar-refractivity contribution in [3.8, 4) is 0 Å². The van der Waals surface area contributed by atoms with Crippen molar-refractivity contribution < 1.29 is 4.39 Å². The quantitative estimate of drug-likeness (QED) is 0.654. The molecule has 118 valence electrons. The van der Waals surface area contributed by atoms with Crippen LogP contribution in [-0.4, -0.2) is 38.0 Å². The van der Waals surface area contributed by atoms with E-state index in [0.717, 1.165) is 37.5 Å². The lowest BCUT2D eigenvalue weighted by molar-refractivity contribution is 0.487. The van der Waals surface area contributed by atoms with Crippen LogP contribution in [0.5, 0.6) is 0 Å². The van der Waals surface area contributed by atoms with Crippen molar-refractivity contribution >= 4 is 17.3 Å². The molecule has 0 radical (unpaired) electrons. The average Bonchev–Trinajstić information content (AvgIpc) is 3.04. The summed E-state index contributed by atoms with van der Waals surface area (Å²) in [6, 6.07) is 10.9. The molecule has 22 heavy (non-hydrogen) atoms. The van der Waals surface area contributed by atoms with E-state index in [1.54, 1.807) is 18.4 Å². The van der Waals surface area contributed by atoms with Gasteiger partial charge in [-0.05, 0) is 42.0 Å². The lowest BCUT2D eigenvalue weighted by atomic mass is 10.1. The molecule has 0 unspecified atom stereocenters. The van der Waals surface area contributed by atoms with Crippen LogP contribution in [0.1, 0.15) is 10.4 Å². The van der Waals surface area contributed by atoms with E-state index in [4.69, 9.17) is 0 Å². The minimum atomic E-state index is -0.194. The van der Waals surface area contributed by atoms with Crippen molar-refractivity contribution in [3.63, 3.8) is 0 Å². The van der Waals surface area contributed by atoms with Gasteiger partial charge in [0.1, 0.15) is 5.82 Å². The van der Waals surface area contributed by atoms with Crippen LogP contribution in [-0.2, 0) is 12.8 Å². The van der Waals surface area contributed by atoms with E-state index in [1.165, 1.54) is 17.0 Å². The van der Waals surface area contributed by atoms with Crippen LogP contribution < -0.4 is 5.32 Å². The third kappa shape index (κ3) is 5.15. The van der Waals surface area contributed by atoms with Crippen LogP contribution >= 0.6 is 11.3 Å². The predicted octanol–water partition coefficient (Wildman–Crippen LogP) is 3.18. The summed E-state index contributed by atoms with van der Waals surface area (Å²) < 4.78 is 12.9. The fourth-order valence-corrected chi connectivity index (χ4v) is 2.89. The second-order valence-electron chi connectivity index (χ2n) is 5.10. The molecule has 0 fully saturated rings. The summed E-state index contributed by atoms with van der Waals surface area (Å²) in [5.41, 5.74) is 1.12. The highest BCUT2D eigenvalue weighted by molar-refractivity contribution is 7.09. The largest absolute Gasteiger partial charge is 0.356 e. The number of thiophene rings is 1. The smallest absolute Gasteiger partial charge is 0.193 e. The van der Waals surface area contributed by atoms with Crippen molar-refractivity contribution in [1.29, 1.82) is 0 Å². The molecule has 2 rings (SSSR count). The van der Waals surface area contributed by atoms with E-state index in [0.29, 0.717) is 0 Å². The molecule has 0 amide bonds. The summed E-state index contributed by atoms with van der Waals surface area (Å²) in [7, 11) is 3.84. The topological polar surface area (TPSA) is 27.6 Å². The maximum absolute atomic E-state index is 12.9. The molecule has 1 aromatic carbocycles. The second-order valence-corrected chi connectivity index (χ2v) is 6.13. The molecule has 1 N–H and O–H groups in total. The Bertz CT molecular complexity index is 578. The molecular weight excluding hydrogens is 297 g/mol. The average molecular weight is 319 g/mol. The molecule has 0 aliphatic heterocycles. The van der Waals surface area contributed by atoms with Gasteiger partial charge >= 0.3 is 0 Å². The van der Waals surface area contributed by atoms with Gasteiger partial charge in [0.05, 0.1) is 0 Å². The molecule has 5 heteroatoms. The zero-order valence-corrected chi connectivity index (χ0v) is 13.9. The van der Waals surface area contributed by atoms with E-state index in [9.17, 15) is 4.39 Å². The van der Waals surface area contributed by atoms with E-state index >= 15 is 0 Å². The molecule has 2 aromatic rings. The zero-order valence-electron chi connectivity index (χ0n) is 13.1. The molecule has 0 bridgehead atoms. The minimum absolute atomic E-state index is 0.194. The summed E-state index contributed by atoms with van der Waals surface area (Å²) >= 11 is 1.78. The third-order valence-electron chi connectivity index (χ3n) is 3.46. The Balaban J connectivity index is 1.75. The monoisotopic (exact) mass is 319 g/mol. The summed E-state index contributed by atoms with van der Waals surface area (Å²) in [4.78, 5) is 7.82. The number of likely N-dealkylation sites (N-methyl/N-ethyl adjacent to an activating group) is 1. The van der Waals surface area contributed by atoms with E-state index < -0.39 is 0 Å². The number of halogens is 1. The normalized spacial score (nSPS) is 11.5. The molecule has 0 atom stereocenters. The lowest BCUT2D eigenvalue weighted by Gasteiger charge is -2.21. The second kappa shape index (κ2) is 8.54. The Morgan fingerprint density at radius 1 is 1.23 bits per heavy atom. The molecule has 1 aromatic heterocycles. The fourth-order valence-electron chi connectivity index (χ4n) is 2.19. The van der Waals surface area contributed by atoms with E-state index in [2.05, 4.69) is 32.7 Å². The number of hydrogen-bond donors (Lipinski definition) is 1. The van der Waals surface area contributed by atoms with Crippen molar-refractivity contribution in [2.24, 2.45) is 4.99 Å². The van der Waals surface area contributed by atoms with Gasteiger partial charge < -0.3 is 10.2 Å². The van der Waals surface area contributed by atoms with Gasteiger partial charge in [-0.1, -0.05) is 18.2 Å². The first-order valence-corrected chi connectivity index (χ1v) is 8.25. The van der Waals surface area contributed by atoms with Gasteiger partial charge in [0.15, 0.2) is 5.96 Å². The molecule has 3 nitrogen and oxygen atoms in total. The number of benzene rings is 1. The zero-order chi connectivity index (χ0) is 15.8. The minimum Gasteiger partial charge on any atom is -0.356 e. The van der Waals surface area contributed by atoms with Crippen molar-refractivity contribution in [2.75, 3.05) is 27.2 Å². The fraction of sp³-hybridized carbons (Fsp3) is 0.353. The Morgan fingerprint density at radius 3 is 2.64 bits per heavy atom. The summed E-state index contributed by atoms with van der Waals surface area (Å²) in [6.45, 7) is 1.71. The first kappa shape index (κ1) is 16.5. The number of aliphatic imine (C=N–C) groups is 1. The molecule has 0 spiro atoms. The maximum Gasteiger partial charge on any atom is 0.193 e. The van der Waals surface area contributed by atoms with Crippen LogP contribution in [0.3, 0.4) is 0 Å². The first-order valence-electron chi connectivity index (χ1n) is 7.37. The Labute approximate surface area is 135 Å². The predicted molar refractivity (Wildman–Crippen MR) is 92.1 cm³/mol. The summed E-state index contributed by atoms with van der Waals surface area (Å²) in [6.07, 6.45) is 1.87. The van der Waals surface area contributed by atoms with Gasteiger partial charge in [-0.15, -0.1) is 11.3 Å². The molecule has 0 aliphatic carbocycles. The van der Waals surface area contributed by atoms with Crippen molar-refractivity contribution in [3.05, 3.63) is 58.0 Å². The first-order chi connectivity index (χ1) is 10.7. The van der Waals surface area contributed by atoms with Crippen molar-refractivity contribution in [1.82, 2.24) is 10.2 Å². The Hall–Kier alpha value is -1.88. The van der Waals surface area contributed by atoms with Gasteiger partial charge in [0, 0.05) is 32.1 Å². The van der Waals surface area contributed by atoms with Gasteiger partial charge in [0.25, 0.3) is 0 Å². The van der Waals surface area contributed by atoms with Crippen LogP contribution in [0.15, 0.2) is 46.8 Å². The van der Waals surface area contributed by atoms with E-state index in [1.807, 2.05) is 19.2 Å². The molecular formula is C17H22FN3S. The van der Waals surface area contributed by atoms with Gasteiger partial charge in [-0.2, -0.15) is 0 Å². The third-order valence-corrected chi connectivity index (χ3v) is 4.39. The Kier molecular flexibility index (Phi) is 6.40. The van der Waals surface area contributed by atoms with Crippen LogP contribution in [0.2, 0.25) is 0 Å². The molecule has 1 heterocycles. The van der Waals surface area contributed by atoms with Gasteiger partial charge in [0.2, 0.25) is 0 Å². The van der Waals surface area contributed by atoms with Gasteiger partial charge in [-0.3, -0.25) is 4.99 Å². The molecule has 0 saturated carbocycles. The van der Waals surface area contributed by atoms with Crippen LogP contribution in [0.25, 0.3) is 0 Å². The van der Waals surface area contributed by atoms with Crippen LogP contribution in [0, 0.1) is 5.82 Å². The maximum atomic E-state index is 12.9. The highest BCUT2D eigenvalue weighted by Crippen LogP contribution is 2.09. The number of nitrogens with zero attached hydrogens (tertiary/aromatic N) is 2. The Morgan fingerprint density at radius 2 is 2.00 bits per heavy atom. The van der Waals surface area contributed by atoms with Crippen LogP contribution in [0.4, 0.5) is 4.39 Å². The standard InChI is InChI=1S/C17H22FN3S/c1-19-17(21(2)12-10-16-4-3-13-22-16)20-11-9-14-5-7-15(18)8-6-14/h3-8,13H,9-12H2,1-2H3,(H,19,20). The number of rotatable bonds is 6. The van der Waals surface area contributed by atoms with Crippen molar-refractivity contribution in [2.45, 2.75) is 12.8 Å². The van der Waals surface area contributed by atoms with Gasteiger partial charge in [-0.25, -0.2) is 4.39 Å². The van der Waals surface area contributed by atoms with E-state index in [-0.39, 0.29) is 5.82 Å². The molecule has 0 aliphatic rings.